The molecule has 0 spiro atoms. The van der Waals surface area contributed by atoms with Gasteiger partial charge in [-0.05, 0) is 25.8 Å². The molecule has 0 radical (unpaired) electrons. The Morgan fingerprint density at radius 2 is 2.27 bits per heavy atom. The van der Waals surface area contributed by atoms with Gasteiger partial charge in [0.05, 0.1) is 5.92 Å². The van der Waals surface area contributed by atoms with Gasteiger partial charge < -0.3 is 5.11 Å². The molecule has 1 rings (SSSR count). The van der Waals surface area contributed by atoms with Gasteiger partial charge in [-0.25, -0.2) is 0 Å². The minimum absolute atomic E-state index is 0.124. The van der Waals surface area contributed by atoms with Gasteiger partial charge in [-0.15, -0.1) is 0 Å². The van der Waals surface area contributed by atoms with Crippen LogP contribution in [-0.4, -0.2) is 35.1 Å². The van der Waals surface area contributed by atoms with E-state index >= 15 is 0 Å². The first-order valence-corrected chi connectivity index (χ1v) is 6.15. The molecule has 88 valence electrons. The lowest BCUT2D eigenvalue weighted by Gasteiger charge is -2.26. The van der Waals surface area contributed by atoms with Gasteiger partial charge in [0.15, 0.2) is 0 Å². The van der Waals surface area contributed by atoms with Gasteiger partial charge >= 0.3 is 5.97 Å². The number of unbranched alkanes of at least 4 members (excludes halogenated alkanes) is 1. The minimum atomic E-state index is -0.622. The zero-order chi connectivity index (χ0) is 11.3. The highest BCUT2D eigenvalue weighted by Crippen LogP contribution is 2.22. The van der Waals surface area contributed by atoms with E-state index < -0.39 is 5.97 Å². The quantitative estimate of drug-likeness (QED) is 0.736. The average molecular weight is 213 g/mol. The number of carboxylic acids is 1. The highest BCUT2D eigenvalue weighted by atomic mass is 16.4. The molecule has 1 heterocycles. The zero-order valence-electron chi connectivity index (χ0n) is 9.91. The number of aliphatic carboxylic acids is 1. The molecule has 1 saturated heterocycles. The molecular weight excluding hydrogens is 190 g/mol. The largest absolute Gasteiger partial charge is 0.481 e. The van der Waals surface area contributed by atoms with Gasteiger partial charge in [0.25, 0.3) is 0 Å². The fraction of sp³-hybridized carbons (Fsp3) is 0.917. The molecule has 2 unspecified atom stereocenters. The average Bonchev–Trinajstić information content (AvgIpc) is 2.68. The summed E-state index contributed by atoms with van der Waals surface area (Å²) in [5.74, 6) is -0.747. The molecule has 3 nitrogen and oxygen atoms in total. The summed E-state index contributed by atoms with van der Waals surface area (Å²) >= 11 is 0. The fourth-order valence-corrected chi connectivity index (χ4v) is 2.41. The predicted octanol–water partition coefficient (Wildman–Crippen LogP) is 2.36. The first-order valence-electron chi connectivity index (χ1n) is 6.15. The second-order valence-corrected chi connectivity index (χ2v) is 4.52. The van der Waals surface area contributed by atoms with E-state index in [0.717, 1.165) is 25.9 Å². The van der Waals surface area contributed by atoms with E-state index in [1.54, 1.807) is 0 Å². The van der Waals surface area contributed by atoms with E-state index in [9.17, 15) is 4.79 Å². The Bertz CT molecular complexity index is 206. The van der Waals surface area contributed by atoms with Crippen molar-refractivity contribution in [1.29, 1.82) is 0 Å². The summed E-state index contributed by atoms with van der Waals surface area (Å²) in [6, 6.07) is 0.606. The molecule has 15 heavy (non-hydrogen) atoms. The maximum Gasteiger partial charge on any atom is 0.307 e. The van der Waals surface area contributed by atoms with Crippen molar-refractivity contribution in [2.75, 3.05) is 13.1 Å². The highest BCUT2D eigenvalue weighted by Gasteiger charge is 2.30. The monoisotopic (exact) mass is 213 g/mol. The predicted molar refractivity (Wildman–Crippen MR) is 60.9 cm³/mol. The lowest BCUT2D eigenvalue weighted by atomic mass is 10.1. The standard InChI is InChI=1S/C12H23NO2/c1-3-5-6-11(4-2)13-8-7-10(9-13)12(14)15/h10-11H,3-9H2,1-2H3,(H,14,15). The summed E-state index contributed by atoms with van der Waals surface area (Å²) in [5, 5.41) is 8.93. The van der Waals surface area contributed by atoms with E-state index in [-0.39, 0.29) is 5.92 Å². The Balaban J connectivity index is 2.39. The van der Waals surface area contributed by atoms with E-state index in [2.05, 4.69) is 18.7 Å². The van der Waals surface area contributed by atoms with Crippen molar-refractivity contribution in [3.05, 3.63) is 0 Å². The first kappa shape index (κ1) is 12.5. The molecule has 0 amide bonds. The lowest BCUT2D eigenvalue weighted by molar-refractivity contribution is -0.141. The summed E-state index contributed by atoms with van der Waals surface area (Å²) in [6.07, 6.45) is 5.68. The van der Waals surface area contributed by atoms with Crippen molar-refractivity contribution in [2.45, 2.75) is 52.0 Å². The number of carbonyl (C=O) groups is 1. The van der Waals surface area contributed by atoms with Gasteiger partial charge in [0.2, 0.25) is 0 Å². The van der Waals surface area contributed by atoms with Crippen LogP contribution in [0.5, 0.6) is 0 Å². The van der Waals surface area contributed by atoms with Crippen molar-refractivity contribution >= 4 is 5.97 Å². The molecule has 0 saturated carbocycles. The molecule has 0 aromatic carbocycles. The molecule has 0 aromatic rings. The fourth-order valence-electron chi connectivity index (χ4n) is 2.41. The van der Waals surface area contributed by atoms with Gasteiger partial charge in [0.1, 0.15) is 0 Å². The number of hydrogen-bond donors (Lipinski definition) is 1. The number of rotatable bonds is 6. The van der Waals surface area contributed by atoms with Crippen LogP contribution in [0.2, 0.25) is 0 Å². The van der Waals surface area contributed by atoms with Crippen LogP contribution in [0.4, 0.5) is 0 Å². The van der Waals surface area contributed by atoms with Gasteiger partial charge in [0, 0.05) is 12.6 Å². The van der Waals surface area contributed by atoms with Crippen molar-refractivity contribution in [1.82, 2.24) is 4.90 Å². The van der Waals surface area contributed by atoms with E-state index in [0.29, 0.717) is 6.04 Å². The molecule has 2 atom stereocenters. The molecule has 0 aromatic heterocycles. The summed E-state index contributed by atoms with van der Waals surface area (Å²) in [5.41, 5.74) is 0. The van der Waals surface area contributed by atoms with Crippen LogP contribution in [0, 0.1) is 5.92 Å². The third-order valence-electron chi connectivity index (χ3n) is 3.45. The van der Waals surface area contributed by atoms with E-state index in [1.807, 2.05) is 0 Å². The summed E-state index contributed by atoms with van der Waals surface area (Å²) in [6.45, 7) is 6.14. The SMILES string of the molecule is CCCCC(CC)N1CCC(C(=O)O)C1. The normalized spacial score (nSPS) is 24.3. The molecule has 0 aliphatic carbocycles. The van der Waals surface area contributed by atoms with Crippen LogP contribution < -0.4 is 0 Å². The Hall–Kier alpha value is -0.570. The summed E-state index contributed by atoms with van der Waals surface area (Å²) < 4.78 is 0. The Labute approximate surface area is 92.5 Å². The Morgan fingerprint density at radius 1 is 1.53 bits per heavy atom. The molecule has 1 aliphatic rings. The molecule has 1 fully saturated rings. The first-order chi connectivity index (χ1) is 7.19. The van der Waals surface area contributed by atoms with E-state index in [1.165, 1.54) is 19.3 Å². The van der Waals surface area contributed by atoms with Crippen LogP contribution in [0.1, 0.15) is 46.0 Å². The van der Waals surface area contributed by atoms with Crippen LogP contribution >= 0.6 is 0 Å². The van der Waals surface area contributed by atoms with Crippen molar-refractivity contribution in [3.8, 4) is 0 Å². The van der Waals surface area contributed by atoms with Gasteiger partial charge in [-0.3, -0.25) is 9.69 Å². The summed E-state index contributed by atoms with van der Waals surface area (Å²) in [7, 11) is 0. The number of hydrogen-bond acceptors (Lipinski definition) is 2. The highest BCUT2D eigenvalue weighted by molar-refractivity contribution is 5.70. The minimum Gasteiger partial charge on any atom is -0.481 e. The number of carboxylic acid groups (broad SMARTS) is 1. The Kier molecular flexibility index (Phi) is 5.09. The molecule has 0 bridgehead atoms. The van der Waals surface area contributed by atoms with Crippen molar-refractivity contribution < 1.29 is 9.90 Å². The second-order valence-electron chi connectivity index (χ2n) is 4.52. The maximum absolute atomic E-state index is 10.8. The second kappa shape index (κ2) is 6.11. The Morgan fingerprint density at radius 3 is 2.73 bits per heavy atom. The van der Waals surface area contributed by atoms with Crippen LogP contribution in [0.3, 0.4) is 0 Å². The zero-order valence-corrected chi connectivity index (χ0v) is 9.91. The van der Waals surface area contributed by atoms with Crippen LogP contribution in [0.15, 0.2) is 0 Å². The molecule has 1 N–H and O–H groups in total. The topological polar surface area (TPSA) is 40.5 Å². The van der Waals surface area contributed by atoms with Gasteiger partial charge in [-0.2, -0.15) is 0 Å². The number of likely N-dealkylation sites (tertiary alicyclic amines) is 1. The van der Waals surface area contributed by atoms with Gasteiger partial charge in [-0.1, -0.05) is 26.7 Å². The molecule has 3 heteroatoms. The molecular formula is C12H23NO2. The van der Waals surface area contributed by atoms with Crippen LogP contribution in [0.25, 0.3) is 0 Å². The van der Waals surface area contributed by atoms with E-state index in [4.69, 9.17) is 5.11 Å². The van der Waals surface area contributed by atoms with Crippen molar-refractivity contribution in [3.63, 3.8) is 0 Å². The smallest absolute Gasteiger partial charge is 0.307 e. The van der Waals surface area contributed by atoms with Crippen LogP contribution in [-0.2, 0) is 4.79 Å². The third-order valence-corrected chi connectivity index (χ3v) is 3.45. The summed E-state index contributed by atoms with van der Waals surface area (Å²) in [4.78, 5) is 13.2. The lowest BCUT2D eigenvalue weighted by Crippen LogP contribution is -2.33. The third kappa shape index (κ3) is 3.49. The number of nitrogens with zero attached hydrogens (tertiary/aromatic N) is 1. The van der Waals surface area contributed by atoms with Crippen molar-refractivity contribution in [2.24, 2.45) is 5.92 Å². The molecule has 1 aliphatic heterocycles. The maximum atomic E-state index is 10.8.